The molecular weight excluding hydrogens is 261 g/mol. The van der Waals surface area contributed by atoms with Crippen molar-refractivity contribution >= 4 is 23.2 Å². The van der Waals surface area contributed by atoms with Gasteiger partial charge in [0.15, 0.2) is 5.82 Å². The van der Waals surface area contributed by atoms with Crippen LogP contribution >= 0.6 is 23.2 Å². The molecule has 0 spiro atoms. The molecule has 2 aromatic rings. The molecule has 0 aliphatic heterocycles. The molecule has 0 saturated heterocycles. The molecule has 6 heteroatoms. The smallest absolute Gasteiger partial charge is 0.154 e. The summed E-state index contributed by atoms with van der Waals surface area (Å²) in [7, 11) is 0. The fourth-order valence-corrected chi connectivity index (χ4v) is 1.83. The molecular formula is C11H11Cl2N3O. The van der Waals surface area contributed by atoms with Crippen molar-refractivity contribution in [1.82, 2.24) is 14.8 Å². The molecule has 2 heterocycles. The third kappa shape index (κ3) is 2.16. The summed E-state index contributed by atoms with van der Waals surface area (Å²) in [4.78, 5) is 4.24. The molecule has 0 saturated carbocycles. The number of halogens is 2. The Bertz CT molecular complexity index is 566. The van der Waals surface area contributed by atoms with Gasteiger partial charge in [-0.2, -0.15) is 5.10 Å². The summed E-state index contributed by atoms with van der Waals surface area (Å²) in [5, 5.41) is 14.5. The Labute approximate surface area is 109 Å². The number of aromatic nitrogens is 3. The van der Waals surface area contributed by atoms with Crippen LogP contribution in [-0.2, 0) is 6.61 Å². The summed E-state index contributed by atoms with van der Waals surface area (Å²) < 4.78 is 1.63. The molecule has 2 rings (SSSR count). The lowest BCUT2D eigenvalue weighted by atomic mass is 10.3. The van der Waals surface area contributed by atoms with E-state index in [1.165, 1.54) is 0 Å². The van der Waals surface area contributed by atoms with Crippen LogP contribution in [0.1, 0.15) is 17.1 Å². The number of hydrogen-bond donors (Lipinski definition) is 1. The predicted molar refractivity (Wildman–Crippen MR) is 66.8 cm³/mol. The summed E-state index contributed by atoms with van der Waals surface area (Å²) in [5.74, 6) is 0.589. The SMILES string of the molecule is Cc1nn(-c2ccc(Cl)c(CO)n2)c(C)c1Cl. The summed E-state index contributed by atoms with van der Waals surface area (Å²) in [5.41, 5.74) is 1.97. The Hall–Kier alpha value is -1.10. The van der Waals surface area contributed by atoms with Gasteiger partial charge < -0.3 is 5.11 Å². The Morgan fingerprint density at radius 1 is 1.29 bits per heavy atom. The highest BCUT2D eigenvalue weighted by molar-refractivity contribution is 6.32. The first-order valence-electron chi connectivity index (χ1n) is 5.03. The molecule has 1 N–H and O–H groups in total. The van der Waals surface area contributed by atoms with E-state index in [4.69, 9.17) is 28.3 Å². The zero-order chi connectivity index (χ0) is 12.6. The molecule has 0 radical (unpaired) electrons. The van der Waals surface area contributed by atoms with E-state index in [9.17, 15) is 0 Å². The fraction of sp³-hybridized carbons (Fsp3) is 0.273. The molecule has 2 aromatic heterocycles. The summed E-state index contributed by atoms with van der Waals surface area (Å²) in [6.45, 7) is 3.48. The van der Waals surface area contributed by atoms with Gasteiger partial charge in [-0.25, -0.2) is 9.67 Å². The minimum atomic E-state index is -0.209. The highest BCUT2D eigenvalue weighted by Crippen LogP contribution is 2.23. The Balaban J connectivity index is 2.57. The van der Waals surface area contributed by atoms with Gasteiger partial charge >= 0.3 is 0 Å². The second kappa shape index (κ2) is 4.64. The van der Waals surface area contributed by atoms with E-state index in [1.54, 1.807) is 16.8 Å². The normalized spacial score (nSPS) is 10.9. The van der Waals surface area contributed by atoms with Crippen LogP contribution in [0.5, 0.6) is 0 Å². The number of nitrogens with zero attached hydrogens (tertiary/aromatic N) is 3. The summed E-state index contributed by atoms with van der Waals surface area (Å²) in [6, 6.07) is 3.41. The van der Waals surface area contributed by atoms with Gasteiger partial charge in [-0.1, -0.05) is 23.2 Å². The van der Waals surface area contributed by atoms with Crippen molar-refractivity contribution in [2.24, 2.45) is 0 Å². The quantitative estimate of drug-likeness (QED) is 0.914. The lowest BCUT2D eigenvalue weighted by molar-refractivity contribution is 0.277. The second-order valence-electron chi connectivity index (χ2n) is 3.65. The maximum absolute atomic E-state index is 9.12. The van der Waals surface area contributed by atoms with E-state index < -0.39 is 0 Å². The van der Waals surface area contributed by atoms with Crippen molar-refractivity contribution in [3.8, 4) is 5.82 Å². The lowest BCUT2D eigenvalue weighted by Gasteiger charge is -2.06. The van der Waals surface area contributed by atoms with Crippen LogP contribution in [0.2, 0.25) is 10.0 Å². The van der Waals surface area contributed by atoms with Crippen LogP contribution in [0, 0.1) is 13.8 Å². The molecule has 0 aliphatic rings. The van der Waals surface area contributed by atoms with Crippen molar-refractivity contribution < 1.29 is 5.11 Å². The van der Waals surface area contributed by atoms with Crippen LogP contribution in [0.15, 0.2) is 12.1 Å². The maximum atomic E-state index is 9.12. The van der Waals surface area contributed by atoms with Crippen molar-refractivity contribution in [2.45, 2.75) is 20.5 Å². The fourth-order valence-electron chi connectivity index (χ4n) is 1.55. The van der Waals surface area contributed by atoms with Gasteiger partial charge in [0.2, 0.25) is 0 Å². The van der Waals surface area contributed by atoms with Gasteiger partial charge in [-0.15, -0.1) is 0 Å². The zero-order valence-corrected chi connectivity index (χ0v) is 10.9. The number of rotatable bonds is 2. The Morgan fingerprint density at radius 2 is 2.00 bits per heavy atom. The summed E-state index contributed by atoms with van der Waals surface area (Å²) in [6.07, 6.45) is 0. The molecule has 0 bridgehead atoms. The predicted octanol–water partition coefficient (Wildman–Crippen LogP) is 2.68. The lowest BCUT2D eigenvalue weighted by Crippen LogP contribution is -2.04. The van der Waals surface area contributed by atoms with Gasteiger partial charge in [0.05, 0.1) is 33.7 Å². The van der Waals surface area contributed by atoms with E-state index >= 15 is 0 Å². The molecule has 0 aliphatic carbocycles. The molecule has 0 atom stereocenters. The number of aryl methyl sites for hydroxylation is 1. The highest BCUT2D eigenvalue weighted by atomic mass is 35.5. The molecule has 4 nitrogen and oxygen atoms in total. The summed E-state index contributed by atoms with van der Waals surface area (Å²) >= 11 is 11.9. The number of pyridine rings is 1. The van der Waals surface area contributed by atoms with Crippen LogP contribution < -0.4 is 0 Å². The van der Waals surface area contributed by atoms with E-state index in [0.29, 0.717) is 21.6 Å². The topological polar surface area (TPSA) is 50.9 Å². The van der Waals surface area contributed by atoms with Gasteiger partial charge in [-0.05, 0) is 26.0 Å². The van der Waals surface area contributed by atoms with Crippen LogP contribution in [0.4, 0.5) is 0 Å². The molecule has 0 fully saturated rings. The van der Waals surface area contributed by atoms with Gasteiger partial charge in [0, 0.05) is 0 Å². The Kier molecular flexibility index (Phi) is 3.38. The number of aliphatic hydroxyl groups is 1. The first-order chi connectivity index (χ1) is 8.04. The van der Waals surface area contributed by atoms with Gasteiger partial charge in [-0.3, -0.25) is 0 Å². The molecule has 17 heavy (non-hydrogen) atoms. The molecule has 0 unspecified atom stereocenters. The first kappa shape index (κ1) is 12.4. The zero-order valence-electron chi connectivity index (χ0n) is 9.41. The molecule has 90 valence electrons. The van der Waals surface area contributed by atoms with Crippen molar-refractivity contribution in [2.75, 3.05) is 0 Å². The van der Waals surface area contributed by atoms with Gasteiger partial charge in [0.25, 0.3) is 0 Å². The van der Waals surface area contributed by atoms with Crippen LogP contribution in [0.25, 0.3) is 5.82 Å². The minimum absolute atomic E-state index is 0.209. The van der Waals surface area contributed by atoms with Crippen molar-refractivity contribution in [3.05, 3.63) is 39.3 Å². The largest absolute Gasteiger partial charge is 0.390 e. The van der Waals surface area contributed by atoms with E-state index in [2.05, 4.69) is 10.1 Å². The number of aliphatic hydroxyl groups excluding tert-OH is 1. The standard InChI is InChI=1S/C11H11Cl2N3O/c1-6-11(13)7(2)16(15-6)10-4-3-8(12)9(5-17)14-10/h3-4,17H,5H2,1-2H3. The van der Waals surface area contributed by atoms with Crippen molar-refractivity contribution in [3.63, 3.8) is 0 Å². The molecule has 0 aromatic carbocycles. The first-order valence-corrected chi connectivity index (χ1v) is 5.78. The average Bonchev–Trinajstić information content (AvgIpc) is 2.58. The van der Waals surface area contributed by atoms with Gasteiger partial charge in [0.1, 0.15) is 0 Å². The minimum Gasteiger partial charge on any atom is -0.390 e. The monoisotopic (exact) mass is 271 g/mol. The van der Waals surface area contributed by atoms with Crippen LogP contribution in [-0.4, -0.2) is 19.9 Å². The second-order valence-corrected chi connectivity index (χ2v) is 4.44. The van der Waals surface area contributed by atoms with E-state index in [0.717, 1.165) is 11.4 Å². The third-order valence-electron chi connectivity index (χ3n) is 2.47. The molecule has 0 amide bonds. The third-order valence-corrected chi connectivity index (χ3v) is 3.36. The Morgan fingerprint density at radius 3 is 2.53 bits per heavy atom. The maximum Gasteiger partial charge on any atom is 0.154 e. The van der Waals surface area contributed by atoms with E-state index in [-0.39, 0.29) is 6.61 Å². The number of hydrogen-bond acceptors (Lipinski definition) is 3. The van der Waals surface area contributed by atoms with Crippen molar-refractivity contribution in [1.29, 1.82) is 0 Å². The van der Waals surface area contributed by atoms with Crippen LogP contribution in [0.3, 0.4) is 0 Å². The van der Waals surface area contributed by atoms with E-state index in [1.807, 2.05) is 13.8 Å². The highest BCUT2D eigenvalue weighted by Gasteiger charge is 2.12. The average molecular weight is 272 g/mol.